The first-order valence-corrected chi connectivity index (χ1v) is 10.0. The third-order valence-corrected chi connectivity index (χ3v) is 5.79. The molecular formula is C21H43N. The predicted octanol–water partition coefficient (Wildman–Crippen LogP) is 7.49. The van der Waals surface area contributed by atoms with Crippen molar-refractivity contribution in [1.82, 2.24) is 0 Å². The van der Waals surface area contributed by atoms with Gasteiger partial charge in [0, 0.05) is 0 Å². The quantitative estimate of drug-likeness (QED) is 0.239. The monoisotopic (exact) mass is 309 g/mol. The fourth-order valence-corrected chi connectivity index (χ4v) is 3.16. The van der Waals surface area contributed by atoms with Gasteiger partial charge in [-0.15, -0.1) is 0 Å². The van der Waals surface area contributed by atoms with Crippen molar-refractivity contribution < 1.29 is 0 Å². The number of hydrogen-bond donors (Lipinski definition) is 1. The fourth-order valence-electron chi connectivity index (χ4n) is 3.16. The van der Waals surface area contributed by atoms with Gasteiger partial charge in [-0.3, -0.25) is 0 Å². The van der Waals surface area contributed by atoms with E-state index in [4.69, 9.17) is 5.41 Å². The van der Waals surface area contributed by atoms with Gasteiger partial charge in [-0.1, -0.05) is 105 Å². The molecule has 0 amide bonds. The molecule has 0 fully saturated rings. The first-order chi connectivity index (χ1) is 10.5. The summed E-state index contributed by atoms with van der Waals surface area (Å²) in [5, 5.41) is 7.38. The lowest BCUT2D eigenvalue weighted by molar-refractivity contribution is 0.309. The molecule has 0 aliphatic heterocycles. The van der Waals surface area contributed by atoms with Gasteiger partial charge in [-0.2, -0.15) is 0 Å². The number of rotatable bonds is 15. The Kier molecular flexibility index (Phi) is 14.1. The Labute approximate surface area is 141 Å². The molecule has 4 atom stereocenters. The van der Waals surface area contributed by atoms with Crippen LogP contribution < -0.4 is 0 Å². The van der Waals surface area contributed by atoms with Gasteiger partial charge < -0.3 is 5.41 Å². The highest BCUT2D eigenvalue weighted by Crippen LogP contribution is 2.24. The topological polar surface area (TPSA) is 23.9 Å². The number of nitrogens with one attached hydrogen (secondary N) is 1. The number of hydrogen-bond acceptors (Lipinski definition) is 1. The Morgan fingerprint density at radius 2 is 1.18 bits per heavy atom. The molecule has 0 aromatic rings. The first-order valence-electron chi connectivity index (χ1n) is 10.0. The van der Waals surface area contributed by atoms with Crippen molar-refractivity contribution in [3.05, 3.63) is 0 Å². The summed E-state index contributed by atoms with van der Waals surface area (Å²) in [6.07, 6.45) is 17.1. The van der Waals surface area contributed by atoms with Crippen molar-refractivity contribution in [2.24, 2.45) is 23.7 Å². The molecule has 22 heavy (non-hydrogen) atoms. The molecule has 0 aliphatic rings. The fraction of sp³-hybridized carbons (Fsp3) is 0.952. The molecule has 0 aliphatic carbocycles. The zero-order chi connectivity index (χ0) is 16.8. The Bertz CT molecular complexity index is 248. The van der Waals surface area contributed by atoms with Crippen molar-refractivity contribution in [2.75, 3.05) is 0 Å². The van der Waals surface area contributed by atoms with E-state index in [2.05, 4.69) is 34.6 Å². The SMILES string of the molecule is CCC(C)CCCCCCCCCCC(C)C(C)C(C)C=N. The third-order valence-electron chi connectivity index (χ3n) is 5.79. The van der Waals surface area contributed by atoms with E-state index < -0.39 is 0 Å². The lowest BCUT2D eigenvalue weighted by Gasteiger charge is -2.23. The Morgan fingerprint density at radius 1 is 0.727 bits per heavy atom. The van der Waals surface area contributed by atoms with Crippen molar-refractivity contribution in [3.63, 3.8) is 0 Å². The van der Waals surface area contributed by atoms with Gasteiger partial charge in [0.15, 0.2) is 0 Å². The molecule has 1 heteroatoms. The molecule has 4 unspecified atom stereocenters. The molecule has 0 radical (unpaired) electrons. The van der Waals surface area contributed by atoms with Crippen LogP contribution in [0.25, 0.3) is 0 Å². The van der Waals surface area contributed by atoms with Crippen LogP contribution in [-0.2, 0) is 0 Å². The van der Waals surface area contributed by atoms with Crippen molar-refractivity contribution in [1.29, 1.82) is 5.41 Å². The van der Waals surface area contributed by atoms with Crippen LogP contribution in [0.15, 0.2) is 0 Å². The number of unbranched alkanes of at least 4 members (excludes halogenated alkanes) is 7. The van der Waals surface area contributed by atoms with Crippen molar-refractivity contribution in [2.45, 2.75) is 105 Å². The maximum atomic E-state index is 7.38. The second kappa shape index (κ2) is 14.3. The maximum absolute atomic E-state index is 7.38. The minimum absolute atomic E-state index is 0.436. The zero-order valence-electron chi connectivity index (χ0n) is 16.2. The minimum atomic E-state index is 0.436. The highest BCUT2D eigenvalue weighted by molar-refractivity contribution is 5.56. The minimum Gasteiger partial charge on any atom is -0.313 e. The predicted molar refractivity (Wildman–Crippen MR) is 102 cm³/mol. The van der Waals surface area contributed by atoms with E-state index in [0.29, 0.717) is 11.8 Å². The second-order valence-electron chi connectivity index (χ2n) is 7.78. The van der Waals surface area contributed by atoms with Gasteiger partial charge in [-0.05, 0) is 29.9 Å². The molecule has 0 heterocycles. The molecule has 0 spiro atoms. The van der Waals surface area contributed by atoms with Crippen LogP contribution in [0.5, 0.6) is 0 Å². The van der Waals surface area contributed by atoms with Crippen LogP contribution in [0.2, 0.25) is 0 Å². The summed E-state index contributed by atoms with van der Waals surface area (Å²) < 4.78 is 0. The van der Waals surface area contributed by atoms with Crippen LogP contribution in [0.4, 0.5) is 0 Å². The summed E-state index contributed by atoms with van der Waals surface area (Å²) in [5.41, 5.74) is 0. The van der Waals surface area contributed by atoms with E-state index in [1.165, 1.54) is 70.6 Å². The molecule has 1 N–H and O–H groups in total. The van der Waals surface area contributed by atoms with Gasteiger partial charge in [0.05, 0.1) is 0 Å². The lowest BCUT2D eigenvalue weighted by atomic mass is 9.83. The van der Waals surface area contributed by atoms with Crippen LogP contribution in [0.1, 0.15) is 105 Å². The molecular weight excluding hydrogens is 266 g/mol. The summed E-state index contributed by atoms with van der Waals surface area (Å²) in [5.74, 6) is 2.78. The molecule has 1 nitrogen and oxygen atoms in total. The molecule has 0 saturated carbocycles. The smallest absolute Gasteiger partial charge is 0.00167 e. The van der Waals surface area contributed by atoms with Gasteiger partial charge in [0.1, 0.15) is 0 Å². The summed E-state index contributed by atoms with van der Waals surface area (Å²) in [4.78, 5) is 0. The highest BCUT2D eigenvalue weighted by atomic mass is 14.4. The molecule has 0 rings (SSSR count). The van der Waals surface area contributed by atoms with E-state index in [1.54, 1.807) is 6.21 Å². The van der Waals surface area contributed by atoms with Crippen molar-refractivity contribution in [3.8, 4) is 0 Å². The van der Waals surface area contributed by atoms with Crippen LogP contribution >= 0.6 is 0 Å². The molecule has 0 aromatic carbocycles. The summed E-state index contributed by atoms with van der Waals surface area (Å²) in [6, 6.07) is 0. The first kappa shape index (κ1) is 21.7. The second-order valence-corrected chi connectivity index (χ2v) is 7.78. The van der Waals surface area contributed by atoms with E-state index in [1.807, 2.05) is 0 Å². The van der Waals surface area contributed by atoms with Crippen LogP contribution in [0, 0.1) is 29.1 Å². The average Bonchev–Trinajstić information content (AvgIpc) is 2.54. The average molecular weight is 310 g/mol. The summed E-state index contributed by atoms with van der Waals surface area (Å²) in [7, 11) is 0. The lowest BCUT2D eigenvalue weighted by Crippen LogP contribution is -2.17. The largest absolute Gasteiger partial charge is 0.313 e. The van der Waals surface area contributed by atoms with Crippen LogP contribution in [0.3, 0.4) is 0 Å². The summed E-state index contributed by atoms with van der Waals surface area (Å²) in [6.45, 7) is 11.5. The standard InChI is InChI=1S/C21H43N/c1-6-18(2)15-13-11-9-7-8-10-12-14-16-19(3)21(5)20(4)17-22/h17-22H,6-16H2,1-5H3. The van der Waals surface area contributed by atoms with E-state index >= 15 is 0 Å². The van der Waals surface area contributed by atoms with Gasteiger partial charge in [0.2, 0.25) is 0 Å². The third kappa shape index (κ3) is 11.3. The van der Waals surface area contributed by atoms with E-state index in [-0.39, 0.29) is 0 Å². The van der Waals surface area contributed by atoms with E-state index in [9.17, 15) is 0 Å². The van der Waals surface area contributed by atoms with Gasteiger partial charge >= 0.3 is 0 Å². The Morgan fingerprint density at radius 3 is 1.64 bits per heavy atom. The summed E-state index contributed by atoms with van der Waals surface area (Å²) >= 11 is 0. The van der Waals surface area contributed by atoms with Gasteiger partial charge in [0.25, 0.3) is 0 Å². The van der Waals surface area contributed by atoms with Crippen molar-refractivity contribution >= 4 is 6.21 Å². The molecule has 132 valence electrons. The zero-order valence-corrected chi connectivity index (χ0v) is 16.2. The maximum Gasteiger partial charge on any atom is -0.00167 e. The highest BCUT2D eigenvalue weighted by Gasteiger charge is 2.16. The van der Waals surface area contributed by atoms with E-state index in [0.717, 1.165) is 11.8 Å². The normalized spacial score (nSPS) is 17.0. The van der Waals surface area contributed by atoms with Crippen LogP contribution in [-0.4, -0.2) is 6.21 Å². The molecule has 0 bridgehead atoms. The molecule has 0 saturated heterocycles. The Hall–Kier alpha value is -0.330. The molecule has 0 aromatic heterocycles. The Balaban J connectivity index is 3.35. The van der Waals surface area contributed by atoms with Gasteiger partial charge in [-0.25, -0.2) is 0 Å².